The second kappa shape index (κ2) is 5.74. The third-order valence-corrected chi connectivity index (χ3v) is 4.20. The molecule has 2 rings (SSSR count). The zero-order valence-corrected chi connectivity index (χ0v) is 12.4. The molecule has 1 aromatic rings. The Hall–Kier alpha value is -1.35. The zero-order valence-electron chi connectivity index (χ0n) is 12.4. The van der Waals surface area contributed by atoms with Gasteiger partial charge < -0.3 is 10.2 Å². The number of hydrogen-bond acceptors (Lipinski definition) is 2. The molecule has 104 valence electrons. The molecule has 0 bridgehead atoms. The van der Waals surface area contributed by atoms with Gasteiger partial charge in [-0.2, -0.15) is 0 Å². The summed E-state index contributed by atoms with van der Waals surface area (Å²) in [4.78, 5) is 14.4. The lowest BCUT2D eigenvalue weighted by Crippen LogP contribution is -2.36. The fourth-order valence-corrected chi connectivity index (χ4v) is 3.11. The smallest absolute Gasteiger partial charge is 0.227 e. The maximum atomic E-state index is 12.4. The summed E-state index contributed by atoms with van der Waals surface area (Å²) in [5, 5.41) is 3.20. The molecule has 2 unspecified atom stereocenters. The molecule has 19 heavy (non-hydrogen) atoms. The molecule has 1 heterocycles. The van der Waals surface area contributed by atoms with E-state index in [9.17, 15) is 4.79 Å². The molecule has 0 saturated carbocycles. The molecule has 0 spiro atoms. The lowest BCUT2D eigenvalue weighted by Gasteiger charge is -2.28. The highest BCUT2D eigenvalue weighted by atomic mass is 16.2. The minimum absolute atomic E-state index is 0.261. The van der Waals surface area contributed by atoms with Crippen LogP contribution in [0.4, 0.5) is 5.69 Å². The maximum Gasteiger partial charge on any atom is 0.227 e. The van der Waals surface area contributed by atoms with Gasteiger partial charge in [0.15, 0.2) is 0 Å². The van der Waals surface area contributed by atoms with Gasteiger partial charge in [0.2, 0.25) is 5.91 Å². The first-order valence-corrected chi connectivity index (χ1v) is 7.15. The van der Waals surface area contributed by atoms with Crippen molar-refractivity contribution in [1.82, 2.24) is 5.32 Å². The highest BCUT2D eigenvalue weighted by Gasteiger charge is 2.38. The van der Waals surface area contributed by atoms with Crippen molar-refractivity contribution in [2.24, 2.45) is 5.92 Å². The van der Waals surface area contributed by atoms with Crippen molar-refractivity contribution < 1.29 is 4.79 Å². The quantitative estimate of drug-likeness (QED) is 0.902. The number of anilines is 1. The molecule has 1 N–H and O–H groups in total. The van der Waals surface area contributed by atoms with Gasteiger partial charge in [-0.1, -0.05) is 25.1 Å². The van der Waals surface area contributed by atoms with Crippen molar-refractivity contribution in [2.45, 2.75) is 39.7 Å². The van der Waals surface area contributed by atoms with Crippen molar-refractivity contribution in [3.63, 3.8) is 0 Å². The average Bonchev–Trinajstić information content (AvgIpc) is 2.65. The molecule has 0 aliphatic carbocycles. The van der Waals surface area contributed by atoms with Gasteiger partial charge in [0.05, 0.1) is 5.69 Å². The molecule has 1 amide bonds. The van der Waals surface area contributed by atoms with Gasteiger partial charge in [-0.3, -0.25) is 4.79 Å². The summed E-state index contributed by atoms with van der Waals surface area (Å²) in [6.07, 6.45) is 1.61. The van der Waals surface area contributed by atoms with Gasteiger partial charge in [0.25, 0.3) is 0 Å². The van der Waals surface area contributed by atoms with Crippen LogP contribution in [0.15, 0.2) is 18.2 Å². The standard InChI is InChI=1S/C16H24N2O/c1-5-13-8-6-7-11(2)16(13)18-12(3)14(10-17-4)9-15(18)19/h6-8,12,14,17H,5,9-10H2,1-4H3. The van der Waals surface area contributed by atoms with E-state index in [0.717, 1.165) is 18.7 Å². The normalized spacial score (nSPS) is 23.2. The van der Waals surface area contributed by atoms with Crippen LogP contribution in [0.1, 0.15) is 31.4 Å². The Morgan fingerprint density at radius 3 is 2.79 bits per heavy atom. The number of carbonyl (C=O) groups excluding carboxylic acids is 1. The number of amides is 1. The Bertz CT molecular complexity index is 470. The monoisotopic (exact) mass is 260 g/mol. The molecule has 3 heteroatoms. The van der Waals surface area contributed by atoms with Crippen LogP contribution in [0.5, 0.6) is 0 Å². The maximum absolute atomic E-state index is 12.4. The van der Waals surface area contributed by atoms with E-state index in [4.69, 9.17) is 0 Å². The number of benzene rings is 1. The van der Waals surface area contributed by atoms with E-state index >= 15 is 0 Å². The molecule has 1 aliphatic heterocycles. The minimum Gasteiger partial charge on any atom is -0.319 e. The van der Waals surface area contributed by atoms with Gasteiger partial charge in [-0.25, -0.2) is 0 Å². The molecular formula is C16H24N2O. The van der Waals surface area contributed by atoms with Gasteiger partial charge in [-0.15, -0.1) is 0 Å². The topological polar surface area (TPSA) is 32.3 Å². The van der Waals surface area contributed by atoms with Crippen molar-refractivity contribution in [3.8, 4) is 0 Å². The van der Waals surface area contributed by atoms with Crippen LogP contribution in [0.3, 0.4) is 0 Å². The molecule has 0 radical (unpaired) electrons. The van der Waals surface area contributed by atoms with E-state index in [2.05, 4.69) is 44.3 Å². The van der Waals surface area contributed by atoms with E-state index in [1.807, 2.05) is 11.9 Å². The molecule has 3 nitrogen and oxygen atoms in total. The number of nitrogens with one attached hydrogen (secondary N) is 1. The summed E-state index contributed by atoms with van der Waals surface area (Å²) >= 11 is 0. The second-order valence-electron chi connectivity index (χ2n) is 5.46. The van der Waals surface area contributed by atoms with E-state index < -0.39 is 0 Å². The zero-order chi connectivity index (χ0) is 14.0. The van der Waals surface area contributed by atoms with E-state index in [0.29, 0.717) is 12.3 Å². The summed E-state index contributed by atoms with van der Waals surface area (Å²) in [7, 11) is 1.95. The lowest BCUT2D eigenvalue weighted by molar-refractivity contribution is -0.117. The number of rotatable bonds is 4. The Morgan fingerprint density at radius 1 is 1.42 bits per heavy atom. The molecule has 1 saturated heterocycles. The van der Waals surface area contributed by atoms with Crippen LogP contribution >= 0.6 is 0 Å². The number of aryl methyl sites for hydroxylation is 2. The largest absolute Gasteiger partial charge is 0.319 e. The number of hydrogen-bond donors (Lipinski definition) is 1. The fraction of sp³-hybridized carbons (Fsp3) is 0.562. The van der Waals surface area contributed by atoms with E-state index in [1.165, 1.54) is 11.1 Å². The second-order valence-corrected chi connectivity index (χ2v) is 5.46. The predicted octanol–water partition coefficient (Wildman–Crippen LogP) is 2.52. The van der Waals surface area contributed by atoms with Gasteiger partial charge in [0.1, 0.15) is 0 Å². The van der Waals surface area contributed by atoms with Crippen molar-refractivity contribution in [1.29, 1.82) is 0 Å². The Labute approximate surface area is 116 Å². The third-order valence-electron chi connectivity index (χ3n) is 4.20. The first-order chi connectivity index (χ1) is 9.10. The molecular weight excluding hydrogens is 236 g/mol. The molecule has 2 atom stereocenters. The van der Waals surface area contributed by atoms with Crippen molar-refractivity contribution in [3.05, 3.63) is 29.3 Å². The molecule has 1 aromatic carbocycles. The Balaban J connectivity index is 2.39. The minimum atomic E-state index is 0.261. The van der Waals surface area contributed by atoms with Crippen LogP contribution in [-0.4, -0.2) is 25.5 Å². The van der Waals surface area contributed by atoms with Gasteiger partial charge in [0, 0.05) is 24.9 Å². The number of carbonyl (C=O) groups is 1. The highest BCUT2D eigenvalue weighted by Crippen LogP contribution is 2.35. The fourth-order valence-electron chi connectivity index (χ4n) is 3.11. The van der Waals surface area contributed by atoms with Gasteiger partial charge >= 0.3 is 0 Å². The predicted molar refractivity (Wildman–Crippen MR) is 79.5 cm³/mol. The van der Waals surface area contributed by atoms with Crippen LogP contribution in [0.2, 0.25) is 0 Å². The first kappa shape index (κ1) is 14.1. The number of nitrogens with zero attached hydrogens (tertiary/aromatic N) is 1. The number of para-hydroxylation sites is 1. The average molecular weight is 260 g/mol. The van der Waals surface area contributed by atoms with Crippen LogP contribution in [0.25, 0.3) is 0 Å². The summed E-state index contributed by atoms with van der Waals surface area (Å²) in [5.41, 5.74) is 3.61. The molecule has 0 aromatic heterocycles. The van der Waals surface area contributed by atoms with Crippen LogP contribution < -0.4 is 10.2 Å². The van der Waals surface area contributed by atoms with Gasteiger partial charge in [-0.05, 0) is 38.4 Å². The van der Waals surface area contributed by atoms with Crippen molar-refractivity contribution in [2.75, 3.05) is 18.5 Å². The summed E-state index contributed by atoms with van der Waals surface area (Å²) < 4.78 is 0. The summed E-state index contributed by atoms with van der Waals surface area (Å²) in [6.45, 7) is 7.31. The Kier molecular flexibility index (Phi) is 4.25. The SMILES string of the molecule is CCc1cccc(C)c1N1C(=O)CC(CNC)C1C. The summed E-state index contributed by atoms with van der Waals surface area (Å²) in [6, 6.07) is 6.58. The highest BCUT2D eigenvalue weighted by molar-refractivity contribution is 5.98. The molecule has 1 aliphatic rings. The summed E-state index contributed by atoms with van der Waals surface area (Å²) in [5.74, 6) is 0.665. The van der Waals surface area contributed by atoms with E-state index in [-0.39, 0.29) is 11.9 Å². The molecule has 1 fully saturated rings. The third kappa shape index (κ3) is 2.52. The van der Waals surface area contributed by atoms with Crippen molar-refractivity contribution >= 4 is 11.6 Å². The first-order valence-electron chi connectivity index (χ1n) is 7.15. The van der Waals surface area contributed by atoms with Crippen LogP contribution in [-0.2, 0) is 11.2 Å². The van der Waals surface area contributed by atoms with Crippen LogP contribution in [0, 0.1) is 12.8 Å². The lowest BCUT2D eigenvalue weighted by atomic mass is 10.00. The Morgan fingerprint density at radius 2 is 2.16 bits per heavy atom. The van der Waals surface area contributed by atoms with E-state index in [1.54, 1.807) is 0 Å².